The molecule has 0 radical (unpaired) electrons. The number of benzene rings is 2. The first-order valence-corrected chi connectivity index (χ1v) is 11.6. The summed E-state index contributed by atoms with van der Waals surface area (Å²) in [6, 6.07) is 14.2. The van der Waals surface area contributed by atoms with E-state index in [0.717, 1.165) is 38.4 Å². The number of nitrogens with two attached hydrogens (primary N) is 1. The van der Waals surface area contributed by atoms with Gasteiger partial charge in [0.25, 0.3) is 0 Å². The van der Waals surface area contributed by atoms with Gasteiger partial charge in [0.05, 0.1) is 6.20 Å². The van der Waals surface area contributed by atoms with E-state index in [0.29, 0.717) is 22.8 Å². The molecular weight excluding hydrogens is 456 g/mol. The minimum Gasteiger partial charge on any atom is -0.508 e. The summed E-state index contributed by atoms with van der Waals surface area (Å²) >= 11 is 0. The van der Waals surface area contributed by atoms with Gasteiger partial charge in [-0.15, -0.1) is 0 Å². The van der Waals surface area contributed by atoms with Crippen LogP contribution in [-0.4, -0.2) is 58.6 Å². The number of aromatic hydroxyl groups is 1. The summed E-state index contributed by atoms with van der Waals surface area (Å²) in [4.78, 5) is 25.4. The summed E-state index contributed by atoms with van der Waals surface area (Å²) in [7, 11) is 0. The molecule has 5 N–H and O–H groups in total. The topological polar surface area (TPSA) is 143 Å². The Morgan fingerprint density at radius 3 is 2.53 bits per heavy atom. The number of likely N-dealkylation sites (N-methyl/N-ethyl adjacent to an activating group) is 1. The number of nitriles is 1. The summed E-state index contributed by atoms with van der Waals surface area (Å²) in [6.45, 7) is 10.8. The second-order valence-electron chi connectivity index (χ2n) is 8.36. The fraction of sp³-hybridized carbons (Fsp3) is 0.231. The van der Waals surface area contributed by atoms with Crippen molar-refractivity contribution in [2.45, 2.75) is 6.92 Å². The first-order chi connectivity index (χ1) is 17.4. The second-order valence-corrected chi connectivity index (χ2v) is 8.36. The number of carbonyl (C=O) groups is 1. The minimum absolute atomic E-state index is 0.129. The molecule has 0 aliphatic carbocycles. The van der Waals surface area contributed by atoms with Gasteiger partial charge in [0.15, 0.2) is 5.82 Å². The smallest absolute Gasteiger partial charge is 0.248 e. The fourth-order valence-electron chi connectivity index (χ4n) is 3.96. The third kappa shape index (κ3) is 5.54. The zero-order valence-corrected chi connectivity index (χ0v) is 20.0. The van der Waals surface area contributed by atoms with Crippen molar-refractivity contribution in [3.8, 4) is 11.8 Å². The number of carbonyl (C=O) groups excluding carboxylic acids is 1. The standard InChI is InChI=1S/C26H28N8O2/c1-3-33-10-12-34(13-11-33)20-6-9-23(22(14-20)17(2)24(28)36)31-26-29-16-18(15-27)25(32-26)30-19-4-7-21(35)8-5-19/h4-9,14,16,35H,2-3,10-13H2,1H3,(H2,28,36)(H2,29,30,31,32). The fourth-order valence-corrected chi connectivity index (χ4v) is 3.96. The van der Waals surface area contributed by atoms with Gasteiger partial charge in [0.1, 0.15) is 17.4 Å². The molecule has 4 rings (SSSR count). The van der Waals surface area contributed by atoms with Crippen LogP contribution in [0.25, 0.3) is 5.57 Å². The Kier molecular flexibility index (Phi) is 7.32. The SMILES string of the molecule is C=C(C(N)=O)c1cc(N2CCN(CC)CC2)ccc1Nc1ncc(C#N)c(Nc2ccc(O)cc2)n1. The van der Waals surface area contributed by atoms with E-state index in [1.165, 1.54) is 18.3 Å². The maximum Gasteiger partial charge on any atom is 0.248 e. The number of hydrogen-bond acceptors (Lipinski definition) is 9. The first-order valence-electron chi connectivity index (χ1n) is 11.6. The van der Waals surface area contributed by atoms with Crippen LogP contribution in [0.5, 0.6) is 5.75 Å². The lowest BCUT2D eigenvalue weighted by Gasteiger charge is -2.35. The number of primary amides is 1. The van der Waals surface area contributed by atoms with Gasteiger partial charge in [-0.05, 0) is 49.0 Å². The Balaban J connectivity index is 1.62. The van der Waals surface area contributed by atoms with E-state index in [2.05, 4.69) is 50.0 Å². The van der Waals surface area contributed by atoms with Crippen molar-refractivity contribution < 1.29 is 9.90 Å². The molecule has 0 bridgehead atoms. The quantitative estimate of drug-likeness (QED) is 0.280. The van der Waals surface area contributed by atoms with E-state index in [9.17, 15) is 15.2 Å². The lowest BCUT2D eigenvalue weighted by atomic mass is 10.0. The monoisotopic (exact) mass is 484 g/mol. The van der Waals surface area contributed by atoms with E-state index in [1.54, 1.807) is 12.1 Å². The van der Waals surface area contributed by atoms with E-state index in [1.807, 2.05) is 18.2 Å². The highest BCUT2D eigenvalue weighted by atomic mass is 16.3. The van der Waals surface area contributed by atoms with Crippen LogP contribution in [0.15, 0.2) is 55.2 Å². The summed E-state index contributed by atoms with van der Waals surface area (Å²) in [6.07, 6.45) is 1.41. The molecule has 3 aromatic rings. The molecule has 2 aromatic carbocycles. The number of rotatable bonds is 8. The van der Waals surface area contributed by atoms with Crippen LogP contribution in [0.4, 0.5) is 28.8 Å². The third-order valence-corrected chi connectivity index (χ3v) is 6.10. The second kappa shape index (κ2) is 10.8. The molecular formula is C26H28N8O2. The Bertz CT molecular complexity index is 1310. The number of amides is 1. The minimum atomic E-state index is -0.624. The van der Waals surface area contributed by atoms with E-state index < -0.39 is 5.91 Å². The predicted octanol–water partition coefficient (Wildman–Crippen LogP) is 3.18. The number of aromatic nitrogens is 2. The van der Waals surface area contributed by atoms with Gasteiger partial charge in [-0.25, -0.2) is 4.98 Å². The van der Waals surface area contributed by atoms with Gasteiger partial charge < -0.3 is 31.3 Å². The number of anilines is 5. The number of piperazine rings is 1. The van der Waals surface area contributed by atoms with E-state index in [-0.39, 0.29) is 22.8 Å². The van der Waals surface area contributed by atoms with Crippen molar-refractivity contribution >= 4 is 40.3 Å². The molecule has 0 saturated carbocycles. The molecule has 0 spiro atoms. The molecule has 10 heteroatoms. The summed E-state index contributed by atoms with van der Waals surface area (Å²) in [5.74, 6) is 0.0185. The molecule has 1 aliphatic heterocycles. The molecule has 184 valence electrons. The number of phenolic OH excluding ortho intramolecular Hbond substituents is 1. The molecule has 0 atom stereocenters. The first kappa shape index (κ1) is 24.5. The van der Waals surface area contributed by atoms with E-state index >= 15 is 0 Å². The Morgan fingerprint density at radius 1 is 1.17 bits per heavy atom. The van der Waals surface area contributed by atoms with Crippen LogP contribution in [-0.2, 0) is 4.79 Å². The average molecular weight is 485 g/mol. The van der Waals surface area contributed by atoms with Crippen LogP contribution in [0.1, 0.15) is 18.1 Å². The molecule has 1 saturated heterocycles. The van der Waals surface area contributed by atoms with Crippen LogP contribution in [0, 0.1) is 11.3 Å². The van der Waals surface area contributed by atoms with Crippen molar-refractivity contribution in [2.24, 2.45) is 5.73 Å². The lowest BCUT2D eigenvalue weighted by Crippen LogP contribution is -2.46. The highest BCUT2D eigenvalue weighted by Crippen LogP contribution is 2.31. The van der Waals surface area contributed by atoms with Crippen LogP contribution in [0.3, 0.4) is 0 Å². The average Bonchev–Trinajstić information content (AvgIpc) is 2.90. The van der Waals surface area contributed by atoms with Gasteiger partial charge in [0, 0.05) is 54.4 Å². The highest BCUT2D eigenvalue weighted by Gasteiger charge is 2.19. The molecule has 1 aliphatic rings. The van der Waals surface area contributed by atoms with Crippen molar-refractivity contribution in [2.75, 3.05) is 48.3 Å². The molecule has 1 amide bonds. The zero-order valence-electron chi connectivity index (χ0n) is 20.0. The highest BCUT2D eigenvalue weighted by molar-refractivity contribution is 6.19. The Labute approximate surface area is 209 Å². The number of nitrogens with one attached hydrogen (secondary N) is 2. The molecule has 1 aromatic heterocycles. The molecule has 36 heavy (non-hydrogen) atoms. The van der Waals surface area contributed by atoms with Crippen molar-refractivity contribution in [1.82, 2.24) is 14.9 Å². The number of hydrogen-bond donors (Lipinski definition) is 4. The van der Waals surface area contributed by atoms with Crippen molar-refractivity contribution in [1.29, 1.82) is 5.26 Å². The normalized spacial score (nSPS) is 13.6. The zero-order chi connectivity index (χ0) is 25.7. The van der Waals surface area contributed by atoms with Gasteiger partial charge in [-0.1, -0.05) is 13.5 Å². The third-order valence-electron chi connectivity index (χ3n) is 6.10. The predicted molar refractivity (Wildman–Crippen MR) is 140 cm³/mol. The van der Waals surface area contributed by atoms with Gasteiger partial charge in [-0.2, -0.15) is 10.2 Å². The summed E-state index contributed by atoms with van der Waals surface area (Å²) < 4.78 is 0. The molecule has 1 fully saturated rings. The van der Waals surface area contributed by atoms with Crippen LogP contribution < -0.4 is 21.3 Å². The van der Waals surface area contributed by atoms with Gasteiger partial charge in [-0.3, -0.25) is 4.79 Å². The Hall–Kier alpha value is -4.62. The van der Waals surface area contributed by atoms with Crippen LogP contribution in [0.2, 0.25) is 0 Å². The maximum absolute atomic E-state index is 12.0. The maximum atomic E-state index is 12.0. The van der Waals surface area contributed by atoms with Gasteiger partial charge in [0.2, 0.25) is 11.9 Å². The van der Waals surface area contributed by atoms with E-state index in [4.69, 9.17) is 5.73 Å². The van der Waals surface area contributed by atoms with Gasteiger partial charge >= 0.3 is 0 Å². The Morgan fingerprint density at radius 2 is 1.89 bits per heavy atom. The molecule has 0 unspecified atom stereocenters. The summed E-state index contributed by atoms with van der Waals surface area (Å²) in [5, 5.41) is 25.2. The molecule has 10 nitrogen and oxygen atoms in total. The van der Waals surface area contributed by atoms with Crippen LogP contribution >= 0.6 is 0 Å². The molecule has 2 heterocycles. The summed E-state index contributed by atoms with van der Waals surface area (Å²) in [5.41, 5.74) is 8.73. The lowest BCUT2D eigenvalue weighted by molar-refractivity contribution is -0.112. The largest absolute Gasteiger partial charge is 0.508 e. The number of nitrogens with zero attached hydrogens (tertiary/aromatic N) is 5. The van der Waals surface area contributed by atoms with Crippen molar-refractivity contribution in [3.63, 3.8) is 0 Å². The van der Waals surface area contributed by atoms with Crippen molar-refractivity contribution in [3.05, 3.63) is 66.4 Å². The number of phenols is 1.